The maximum absolute atomic E-state index is 12.4. The van der Waals surface area contributed by atoms with Gasteiger partial charge in [0.25, 0.3) is 5.89 Å². The number of rotatable bonds is 5. The number of halogens is 2. The van der Waals surface area contributed by atoms with Crippen LogP contribution < -0.4 is 4.74 Å². The lowest BCUT2D eigenvalue weighted by Gasteiger charge is -2.10. The SMILES string of the molecule is CC(=O)c1c(C)n(-c2ccc(Cl)cc2)c2cc(Br)c(OCc3nnc(C)o3)cc12. The zero-order valence-corrected chi connectivity index (χ0v) is 18.3. The maximum Gasteiger partial charge on any atom is 0.253 e. The third-order valence-corrected chi connectivity index (χ3v) is 5.49. The Kier molecular flexibility index (Phi) is 5.19. The van der Waals surface area contributed by atoms with Crippen molar-refractivity contribution >= 4 is 44.2 Å². The van der Waals surface area contributed by atoms with Gasteiger partial charge in [0, 0.05) is 34.3 Å². The number of Topliss-reactive ketones (excluding diaryl/α,β-unsaturated/α-hetero) is 1. The summed E-state index contributed by atoms with van der Waals surface area (Å²) in [5.41, 5.74) is 3.32. The van der Waals surface area contributed by atoms with Crippen molar-refractivity contribution in [1.29, 1.82) is 0 Å². The van der Waals surface area contributed by atoms with Gasteiger partial charge in [-0.2, -0.15) is 0 Å². The summed E-state index contributed by atoms with van der Waals surface area (Å²) in [6.45, 7) is 5.36. The van der Waals surface area contributed by atoms with Crippen LogP contribution in [-0.4, -0.2) is 20.5 Å². The van der Waals surface area contributed by atoms with Gasteiger partial charge in [-0.1, -0.05) is 11.6 Å². The maximum atomic E-state index is 12.4. The second kappa shape index (κ2) is 7.65. The highest BCUT2D eigenvalue weighted by Crippen LogP contribution is 2.37. The van der Waals surface area contributed by atoms with Crippen molar-refractivity contribution < 1.29 is 13.9 Å². The highest BCUT2D eigenvalue weighted by Gasteiger charge is 2.21. The summed E-state index contributed by atoms with van der Waals surface area (Å²) < 4.78 is 14.0. The first kappa shape index (κ1) is 19.7. The molecule has 0 bridgehead atoms. The van der Waals surface area contributed by atoms with Crippen LogP contribution >= 0.6 is 27.5 Å². The normalized spacial score (nSPS) is 11.2. The van der Waals surface area contributed by atoms with Gasteiger partial charge in [0.15, 0.2) is 12.4 Å². The summed E-state index contributed by atoms with van der Waals surface area (Å²) in [5, 5.41) is 9.20. The molecule has 0 unspecified atom stereocenters. The van der Waals surface area contributed by atoms with Crippen molar-refractivity contribution in [2.45, 2.75) is 27.4 Å². The predicted molar refractivity (Wildman–Crippen MR) is 114 cm³/mol. The first-order valence-electron chi connectivity index (χ1n) is 8.88. The fraction of sp³-hybridized carbons (Fsp3) is 0.190. The molecular weight excluding hydrogens is 458 g/mol. The van der Waals surface area contributed by atoms with E-state index in [-0.39, 0.29) is 12.4 Å². The quantitative estimate of drug-likeness (QED) is 0.340. The molecule has 2 aromatic carbocycles. The van der Waals surface area contributed by atoms with Crippen LogP contribution in [-0.2, 0) is 6.61 Å². The zero-order chi connectivity index (χ0) is 20.7. The molecule has 0 spiro atoms. The predicted octanol–water partition coefficient (Wildman–Crippen LogP) is 5.83. The number of carbonyl (C=O) groups is 1. The van der Waals surface area contributed by atoms with Crippen LogP contribution in [0.5, 0.6) is 5.75 Å². The number of carbonyl (C=O) groups excluding carboxylic acids is 1. The van der Waals surface area contributed by atoms with Gasteiger partial charge in [0.2, 0.25) is 5.89 Å². The molecular formula is C21H17BrClN3O3. The molecule has 4 aromatic rings. The third kappa shape index (κ3) is 3.68. The van der Waals surface area contributed by atoms with Crippen LogP contribution in [0.25, 0.3) is 16.6 Å². The highest BCUT2D eigenvalue weighted by molar-refractivity contribution is 9.10. The van der Waals surface area contributed by atoms with E-state index in [1.165, 1.54) is 0 Å². The van der Waals surface area contributed by atoms with Crippen molar-refractivity contribution in [2.24, 2.45) is 0 Å². The van der Waals surface area contributed by atoms with Gasteiger partial charge in [-0.3, -0.25) is 4.79 Å². The molecule has 8 heteroatoms. The number of hydrogen-bond acceptors (Lipinski definition) is 5. The molecule has 29 heavy (non-hydrogen) atoms. The number of hydrogen-bond donors (Lipinski definition) is 0. The minimum atomic E-state index is -0.0130. The second-order valence-electron chi connectivity index (χ2n) is 6.63. The first-order chi connectivity index (χ1) is 13.8. The van der Waals surface area contributed by atoms with E-state index in [0.29, 0.717) is 28.1 Å². The average molecular weight is 475 g/mol. The lowest BCUT2D eigenvalue weighted by Crippen LogP contribution is -1.99. The molecule has 0 fully saturated rings. The molecule has 0 aliphatic carbocycles. The Bertz CT molecular complexity index is 1230. The van der Waals surface area contributed by atoms with Crippen LogP contribution in [0.15, 0.2) is 45.3 Å². The van der Waals surface area contributed by atoms with Gasteiger partial charge >= 0.3 is 0 Å². The van der Waals surface area contributed by atoms with Gasteiger partial charge in [0.05, 0.1) is 9.99 Å². The zero-order valence-electron chi connectivity index (χ0n) is 16.0. The van der Waals surface area contributed by atoms with Gasteiger partial charge in [0.1, 0.15) is 5.75 Å². The number of aryl methyl sites for hydroxylation is 1. The molecule has 2 heterocycles. The van der Waals surface area contributed by atoms with E-state index in [4.69, 9.17) is 20.8 Å². The summed E-state index contributed by atoms with van der Waals surface area (Å²) in [5.74, 6) is 1.44. The molecule has 0 N–H and O–H groups in total. The van der Waals surface area contributed by atoms with Crippen LogP contribution in [0, 0.1) is 13.8 Å². The Hall–Kier alpha value is -2.64. The molecule has 0 aliphatic heterocycles. The Morgan fingerprint density at radius 2 is 1.93 bits per heavy atom. The minimum absolute atomic E-state index is 0.0130. The number of benzene rings is 2. The molecule has 0 saturated heterocycles. The highest BCUT2D eigenvalue weighted by atomic mass is 79.9. The van der Waals surface area contributed by atoms with E-state index in [9.17, 15) is 4.79 Å². The Morgan fingerprint density at radius 1 is 1.21 bits per heavy atom. The van der Waals surface area contributed by atoms with Crippen molar-refractivity contribution in [1.82, 2.24) is 14.8 Å². The van der Waals surface area contributed by atoms with Crippen LogP contribution in [0.2, 0.25) is 5.02 Å². The average Bonchev–Trinajstić information content (AvgIpc) is 3.20. The van der Waals surface area contributed by atoms with Crippen LogP contribution in [0.4, 0.5) is 0 Å². The smallest absolute Gasteiger partial charge is 0.253 e. The summed E-state index contributed by atoms with van der Waals surface area (Å²) >= 11 is 9.62. The van der Waals surface area contributed by atoms with E-state index in [2.05, 4.69) is 26.1 Å². The summed E-state index contributed by atoms with van der Waals surface area (Å²) in [7, 11) is 0. The van der Waals surface area contributed by atoms with Crippen molar-refractivity contribution in [3.8, 4) is 11.4 Å². The number of nitrogens with zero attached hydrogens (tertiary/aromatic N) is 3. The molecule has 2 aromatic heterocycles. The van der Waals surface area contributed by atoms with Crippen LogP contribution in [0.1, 0.15) is 34.8 Å². The van der Waals surface area contributed by atoms with Gasteiger partial charge in [-0.15, -0.1) is 10.2 Å². The number of aromatic nitrogens is 3. The molecule has 148 valence electrons. The third-order valence-electron chi connectivity index (χ3n) is 4.61. The van der Waals surface area contributed by atoms with Gasteiger partial charge < -0.3 is 13.7 Å². The van der Waals surface area contributed by atoms with E-state index in [1.54, 1.807) is 13.8 Å². The lowest BCUT2D eigenvalue weighted by atomic mass is 10.1. The van der Waals surface area contributed by atoms with Crippen LogP contribution in [0.3, 0.4) is 0 Å². The van der Waals surface area contributed by atoms with Crippen molar-refractivity contribution in [3.63, 3.8) is 0 Å². The minimum Gasteiger partial charge on any atom is -0.483 e. The van der Waals surface area contributed by atoms with E-state index >= 15 is 0 Å². The number of ketones is 1. The first-order valence-corrected chi connectivity index (χ1v) is 10.1. The van der Waals surface area contributed by atoms with E-state index in [0.717, 1.165) is 26.8 Å². The fourth-order valence-electron chi connectivity index (χ4n) is 3.43. The number of fused-ring (bicyclic) bond motifs is 1. The van der Waals surface area contributed by atoms with Crippen molar-refractivity contribution in [3.05, 3.63) is 68.9 Å². The Morgan fingerprint density at radius 3 is 2.55 bits per heavy atom. The fourth-order valence-corrected chi connectivity index (χ4v) is 4.00. The molecule has 6 nitrogen and oxygen atoms in total. The second-order valence-corrected chi connectivity index (χ2v) is 7.92. The number of ether oxygens (including phenoxy) is 1. The van der Waals surface area contributed by atoms with Crippen molar-refractivity contribution in [2.75, 3.05) is 0 Å². The van der Waals surface area contributed by atoms with Gasteiger partial charge in [-0.05, 0) is 66.2 Å². The van der Waals surface area contributed by atoms with E-state index < -0.39 is 0 Å². The molecule has 0 saturated carbocycles. The summed E-state index contributed by atoms with van der Waals surface area (Å²) in [6.07, 6.45) is 0. The lowest BCUT2D eigenvalue weighted by molar-refractivity contribution is 0.101. The molecule has 0 aliphatic rings. The summed E-state index contributed by atoms with van der Waals surface area (Å²) in [4.78, 5) is 12.4. The molecule has 4 rings (SSSR count). The largest absolute Gasteiger partial charge is 0.483 e. The standard InChI is InChI=1S/C21H17BrClN3O3/c1-11-21(12(2)27)16-8-19(28-10-20-25-24-13(3)29-20)17(22)9-18(16)26(11)15-6-4-14(23)5-7-15/h4-9H,10H2,1-3H3. The molecule has 0 radical (unpaired) electrons. The Labute approximate surface area is 180 Å². The Balaban J connectivity index is 1.84. The molecule has 0 amide bonds. The topological polar surface area (TPSA) is 70.2 Å². The summed E-state index contributed by atoms with van der Waals surface area (Å²) in [6, 6.07) is 11.3. The van der Waals surface area contributed by atoms with Gasteiger partial charge in [-0.25, -0.2) is 0 Å². The van der Waals surface area contributed by atoms with E-state index in [1.807, 2.05) is 47.9 Å². The molecule has 0 atom stereocenters. The monoisotopic (exact) mass is 473 g/mol.